The lowest BCUT2D eigenvalue weighted by molar-refractivity contribution is -0.133. The topological polar surface area (TPSA) is 26.3 Å². The number of hydrogen-bond donors (Lipinski definition) is 0. The number of rotatable bonds is 29. The van der Waals surface area contributed by atoms with E-state index in [0.717, 1.165) is 64.2 Å². The van der Waals surface area contributed by atoms with Crippen molar-refractivity contribution in [2.24, 2.45) is 0 Å². The van der Waals surface area contributed by atoms with Gasteiger partial charge in [-0.2, -0.15) is 0 Å². The summed E-state index contributed by atoms with van der Waals surface area (Å²) in [6, 6.07) is 21.4. The fourth-order valence-electron chi connectivity index (χ4n) is 8.12. The summed E-state index contributed by atoms with van der Waals surface area (Å²) in [5.41, 5.74) is 8.72. The van der Waals surface area contributed by atoms with Crippen LogP contribution in [0.5, 0.6) is 0 Å². The van der Waals surface area contributed by atoms with E-state index in [1.807, 2.05) is 6.92 Å². The third-order valence-electron chi connectivity index (χ3n) is 11.1. The molecular formula is C51H80O2S. The van der Waals surface area contributed by atoms with E-state index in [1.54, 1.807) is 0 Å². The highest BCUT2D eigenvalue weighted by Crippen LogP contribution is 2.73. The van der Waals surface area contributed by atoms with E-state index in [2.05, 4.69) is 96.1 Å². The molecule has 0 heterocycles. The van der Waals surface area contributed by atoms with Crippen LogP contribution < -0.4 is 0 Å². The Kier molecular flexibility index (Phi) is 22.4. The smallest absolute Gasteiger partial charge is 0.316 e. The zero-order chi connectivity index (χ0) is 39.0. The van der Waals surface area contributed by atoms with Crippen molar-refractivity contribution in [2.75, 3.05) is 0 Å². The molecule has 0 aliphatic rings. The molecule has 0 aliphatic heterocycles. The third-order valence-corrected chi connectivity index (χ3v) is 14.7. The molecule has 0 amide bonds. The molecular weight excluding hydrogens is 677 g/mol. The second-order valence-electron chi connectivity index (χ2n) is 15.9. The van der Waals surface area contributed by atoms with Crippen LogP contribution in [-0.4, -0.2) is 5.97 Å². The predicted octanol–water partition coefficient (Wildman–Crippen LogP) is 16.2. The Morgan fingerprint density at radius 2 is 0.759 bits per heavy atom. The minimum atomic E-state index is -2.45. The van der Waals surface area contributed by atoms with Crippen LogP contribution in [0.15, 0.2) is 69.3 Å². The summed E-state index contributed by atoms with van der Waals surface area (Å²) in [6.45, 7) is 15.9. The van der Waals surface area contributed by atoms with Gasteiger partial charge in [0.05, 0.1) is 0 Å². The summed E-state index contributed by atoms with van der Waals surface area (Å²) in [5, 5.41) is 0. The Bertz CT molecular complexity index is 1330. The van der Waals surface area contributed by atoms with Crippen molar-refractivity contribution >= 4 is 16.3 Å². The standard InChI is InChI=1S/C51H80O2S/c1-8-15-22-30-42-38-44(32-24-17-10-3)50(45(39-42)33-25-18-11-4)54(53-49(52)14-7,48-36-28-21-29-37-48)51-46(34-26-19-12-5)40-43(31-23-16-9-2)41-47(51)35-27-20-13-6/h21,28-29,36-41H,8-20,22-27,30-35H2,1-7H3. The highest BCUT2D eigenvalue weighted by atomic mass is 32.3. The first kappa shape index (κ1) is 45.9. The summed E-state index contributed by atoms with van der Waals surface area (Å²) < 4.78 is 7.45. The van der Waals surface area contributed by atoms with Crippen molar-refractivity contribution in [1.29, 1.82) is 0 Å². The van der Waals surface area contributed by atoms with Crippen LogP contribution >= 0.6 is 10.3 Å². The van der Waals surface area contributed by atoms with E-state index in [1.165, 1.54) is 138 Å². The highest BCUT2D eigenvalue weighted by molar-refractivity contribution is 8.30. The summed E-state index contributed by atoms with van der Waals surface area (Å²) in [7, 11) is -2.45. The SMILES string of the molecule is CCCCCc1cc(CCCCC)c(S(OC(=O)CC)(c2ccccc2)c2c(CCCCC)cc(CCCCC)cc2CCCCC)c(CCCCC)c1. The molecule has 0 aliphatic carbocycles. The Labute approximate surface area is 335 Å². The van der Waals surface area contributed by atoms with Crippen LogP contribution in [0.1, 0.15) is 204 Å². The van der Waals surface area contributed by atoms with Crippen molar-refractivity contribution in [1.82, 2.24) is 0 Å². The average Bonchev–Trinajstić information content (AvgIpc) is 3.18. The second-order valence-corrected chi connectivity index (χ2v) is 18.5. The molecule has 3 rings (SSSR count). The van der Waals surface area contributed by atoms with Crippen LogP contribution in [0.2, 0.25) is 0 Å². The van der Waals surface area contributed by atoms with Crippen LogP contribution in [0.3, 0.4) is 0 Å². The lowest BCUT2D eigenvalue weighted by Crippen LogP contribution is -2.20. The lowest BCUT2D eigenvalue weighted by Gasteiger charge is -2.45. The first-order valence-electron chi connectivity index (χ1n) is 22.8. The molecule has 0 N–H and O–H groups in total. The lowest BCUT2D eigenvalue weighted by atomic mass is 9.95. The minimum Gasteiger partial charge on any atom is -0.402 e. The Balaban J connectivity index is 2.63. The summed E-state index contributed by atoms with van der Waals surface area (Å²) >= 11 is 0. The number of hydrogen-bond acceptors (Lipinski definition) is 2. The fourth-order valence-corrected chi connectivity index (χ4v) is 12.1. The van der Waals surface area contributed by atoms with Crippen LogP contribution in [0, 0.1) is 0 Å². The second kappa shape index (κ2) is 26.4. The third kappa shape index (κ3) is 13.6. The number of carbonyl (C=O) groups excluding carboxylic acids is 1. The van der Waals surface area contributed by atoms with Crippen LogP contribution in [0.4, 0.5) is 0 Å². The molecule has 3 aromatic carbocycles. The van der Waals surface area contributed by atoms with E-state index in [-0.39, 0.29) is 5.97 Å². The molecule has 0 atom stereocenters. The van der Waals surface area contributed by atoms with Crippen molar-refractivity contribution in [3.05, 3.63) is 88.0 Å². The van der Waals surface area contributed by atoms with Gasteiger partial charge in [0.25, 0.3) is 0 Å². The quantitative estimate of drug-likeness (QED) is 0.0659. The number of carbonyl (C=O) groups is 1. The van der Waals surface area contributed by atoms with Gasteiger partial charge in [-0.3, -0.25) is 4.79 Å². The molecule has 0 saturated heterocycles. The molecule has 3 aromatic rings. The van der Waals surface area contributed by atoms with Crippen LogP contribution in [0.25, 0.3) is 0 Å². The first-order chi connectivity index (χ1) is 26.4. The zero-order valence-corrected chi connectivity index (χ0v) is 36.9. The monoisotopic (exact) mass is 757 g/mol. The molecule has 0 fully saturated rings. The van der Waals surface area contributed by atoms with Gasteiger partial charge in [-0.15, -0.1) is 0 Å². The van der Waals surface area contributed by atoms with Crippen molar-refractivity contribution in [3.8, 4) is 0 Å². The van der Waals surface area contributed by atoms with Crippen molar-refractivity contribution < 1.29 is 8.98 Å². The number of unbranched alkanes of at least 4 members (excludes halogenated alkanes) is 12. The van der Waals surface area contributed by atoms with Gasteiger partial charge in [0.15, 0.2) is 0 Å². The Hall–Kier alpha value is -2.52. The van der Waals surface area contributed by atoms with Gasteiger partial charge in [0.2, 0.25) is 0 Å². The van der Waals surface area contributed by atoms with E-state index in [0.29, 0.717) is 6.42 Å². The maximum Gasteiger partial charge on any atom is 0.316 e. The van der Waals surface area contributed by atoms with Gasteiger partial charge >= 0.3 is 5.97 Å². The van der Waals surface area contributed by atoms with Gasteiger partial charge in [-0.1, -0.05) is 168 Å². The summed E-state index contributed by atoms with van der Waals surface area (Å²) in [5.74, 6) is -0.0778. The van der Waals surface area contributed by atoms with E-state index < -0.39 is 10.3 Å². The average molecular weight is 757 g/mol. The van der Waals surface area contributed by atoms with Gasteiger partial charge in [-0.05, 0) is 133 Å². The first-order valence-corrected chi connectivity index (χ1v) is 24.4. The molecule has 0 unspecified atom stereocenters. The molecule has 0 bridgehead atoms. The Morgan fingerprint density at radius 1 is 0.444 bits per heavy atom. The molecule has 54 heavy (non-hydrogen) atoms. The van der Waals surface area contributed by atoms with Gasteiger partial charge in [0, 0.05) is 21.1 Å². The van der Waals surface area contributed by atoms with Gasteiger partial charge in [0.1, 0.15) is 0 Å². The largest absolute Gasteiger partial charge is 0.402 e. The maximum atomic E-state index is 14.3. The van der Waals surface area contributed by atoms with E-state index in [9.17, 15) is 4.79 Å². The minimum absolute atomic E-state index is 0.0778. The molecule has 0 saturated carbocycles. The summed E-state index contributed by atoms with van der Waals surface area (Å²) in [4.78, 5) is 18.2. The maximum absolute atomic E-state index is 14.3. The number of benzene rings is 3. The van der Waals surface area contributed by atoms with Gasteiger partial charge in [-0.25, -0.2) is 0 Å². The Morgan fingerprint density at radius 3 is 1.06 bits per heavy atom. The normalized spacial score (nSPS) is 12.0. The van der Waals surface area contributed by atoms with Crippen LogP contribution in [-0.2, 0) is 47.5 Å². The van der Waals surface area contributed by atoms with E-state index in [4.69, 9.17) is 4.18 Å². The molecule has 302 valence electrons. The molecule has 0 aromatic heterocycles. The fraction of sp³-hybridized carbons (Fsp3) is 0.627. The molecule has 0 radical (unpaired) electrons. The van der Waals surface area contributed by atoms with Crippen molar-refractivity contribution in [3.63, 3.8) is 0 Å². The molecule has 0 spiro atoms. The molecule has 3 heteroatoms. The predicted molar refractivity (Wildman–Crippen MR) is 237 cm³/mol. The van der Waals surface area contributed by atoms with Crippen molar-refractivity contribution in [2.45, 2.75) is 224 Å². The molecule has 2 nitrogen and oxygen atoms in total. The number of aryl methyl sites for hydroxylation is 6. The summed E-state index contributed by atoms with van der Waals surface area (Å²) in [6.07, 6.45) is 28.4. The van der Waals surface area contributed by atoms with E-state index >= 15 is 0 Å². The zero-order valence-electron chi connectivity index (χ0n) is 36.1. The highest BCUT2D eigenvalue weighted by Gasteiger charge is 2.42. The van der Waals surface area contributed by atoms with Gasteiger partial charge < -0.3 is 4.18 Å².